The molecule has 0 saturated heterocycles. The predicted molar refractivity (Wildman–Crippen MR) is 75.9 cm³/mol. The number of H-pyrrole nitrogens is 1. The topological polar surface area (TPSA) is 105 Å². The summed E-state index contributed by atoms with van der Waals surface area (Å²) in [5, 5.41) is 2.71. The van der Waals surface area contributed by atoms with E-state index in [0.717, 1.165) is 11.8 Å². The van der Waals surface area contributed by atoms with E-state index in [1.165, 1.54) is 18.3 Å². The molecule has 0 aliphatic heterocycles. The average Bonchev–Trinajstić information content (AvgIpc) is 2.82. The second-order valence-electron chi connectivity index (χ2n) is 4.45. The summed E-state index contributed by atoms with van der Waals surface area (Å²) in [6, 6.07) is 7.91. The van der Waals surface area contributed by atoms with Crippen molar-refractivity contribution in [3.8, 4) is 0 Å². The number of aromatic nitrogens is 1. The van der Waals surface area contributed by atoms with Gasteiger partial charge < -0.3 is 16.0 Å². The molecule has 7 heteroatoms. The molecule has 6 nitrogen and oxygen atoms in total. The summed E-state index contributed by atoms with van der Waals surface area (Å²) in [5.74, 6) is -0.270. The Balaban J connectivity index is 1.99. The van der Waals surface area contributed by atoms with Gasteiger partial charge in [0.1, 0.15) is 5.69 Å². The number of hydrogen-bond acceptors (Lipinski definition) is 4. The quantitative estimate of drug-likeness (QED) is 0.779. The summed E-state index contributed by atoms with van der Waals surface area (Å²) in [7, 11) is -3.20. The van der Waals surface area contributed by atoms with Crippen LogP contribution in [0.15, 0.2) is 41.4 Å². The van der Waals surface area contributed by atoms with Gasteiger partial charge in [-0.15, -0.1) is 0 Å². The van der Waals surface area contributed by atoms with E-state index in [1.807, 2.05) is 0 Å². The minimum Gasteiger partial charge on any atom is -0.397 e. The number of benzene rings is 1. The van der Waals surface area contributed by atoms with E-state index in [1.54, 1.807) is 18.2 Å². The molecule has 0 aliphatic rings. The van der Waals surface area contributed by atoms with Crippen LogP contribution < -0.4 is 11.1 Å². The predicted octanol–water partition coefficient (Wildman–Crippen LogP) is 0.930. The molecule has 0 bridgehead atoms. The molecule has 0 spiro atoms. The molecule has 1 aromatic carbocycles. The average molecular weight is 293 g/mol. The van der Waals surface area contributed by atoms with Crippen LogP contribution in [-0.4, -0.2) is 25.6 Å². The standard InChI is InChI=1S/C13H15N3O3S/c1-20(18,19)11-4-2-9(3-5-11)7-16-13(17)12-6-10(14)8-15-12/h2-6,8,15H,7,14H2,1H3,(H,16,17). The molecule has 1 amide bonds. The van der Waals surface area contributed by atoms with E-state index in [0.29, 0.717) is 17.9 Å². The number of aromatic amines is 1. The number of sulfone groups is 1. The Kier molecular flexibility index (Phi) is 3.80. The largest absolute Gasteiger partial charge is 0.397 e. The molecular formula is C13H15N3O3S. The third kappa shape index (κ3) is 3.39. The van der Waals surface area contributed by atoms with Gasteiger partial charge in [0.05, 0.1) is 4.90 Å². The molecule has 2 aromatic rings. The third-order valence-corrected chi connectivity index (χ3v) is 3.88. The molecular weight excluding hydrogens is 278 g/mol. The van der Waals surface area contributed by atoms with Crippen LogP contribution in [0, 0.1) is 0 Å². The van der Waals surface area contributed by atoms with Gasteiger partial charge in [0.25, 0.3) is 5.91 Å². The molecule has 106 valence electrons. The number of anilines is 1. The maximum absolute atomic E-state index is 11.8. The van der Waals surface area contributed by atoms with Crippen molar-refractivity contribution in [2.45, 2.75) is 11.4 Å². The van der Waals surface area contributed by atoms with Crippen molar-refractivity contribution < 1.29 is 13.2 Å². The van der Waals surface area contributed by atoms with Gasteiger partial charge >= 0.3 is 0 Å². The van der Waals surface area contributed by atoms with Crippen molar-refractivity contribution in [2.24, 2.45) is 0 Å². The lowest BCUT2D eigenvalue weighted by Gasteiger charge is -2.05. The number of nitrogens with one attached hydrogen (secondary N) is 2. The first-order valence-electron chi connectivity index (χ1n) is 5.87. The Bertz CT molecular complexity index is 718. The van der Waals surface area contributed by atoms with Crippen LogP contribution in [0.5, 0.6) is 0 Å². The monoisotopic (exact) mass is 293 g/mol. The van der Waals surface area contributed by atoms with Crippen LogP contribution in [-0.2, 0) is 16.4 Å². The van der Waals surface area contributed by atoms with Crippen LogP contribution in [0.2, 0.25) is 0 Å². The third-order valence-electron chi connectivity index (χ3n) is 2.75. The second kappa shape index (κ2) is 5.38. The van der Waals surface area contributed by atoms with E-state index >= 15 is 0 Å². The van der Waals surface area contributed by atoms with Gasteiger partial charge in [-0.25, -0.2) is 8.42 Å². The Morgan fingerprint density at radius 2 is 1.95 bits per heavy atom. The summed E-state index contributed by atoms with van der Waals surface area (Å²) in [6.07, 6.45) is 2.69. The van der Waals surface area contributed by atoms with Gasteiger partial charge in [-0.05, 0) is 23.8 Å². The van der Waals surface area contributed by atoms with Gasteiger partial charge in [0.2, 0.25) is 0 Å². The van der Waals surface area contributed by atoms with Crippen LogP contribution >= 0.6 is 0 Å². The van der Waals surface area contributed by atoms with Gasteiger partial charge in [0, 0.05) is 24.7 Å². The second-order valence-corrected chi connectivity index (χ2v) is 6.46. The maximum atomic E-state index is 11.8. The minimum absolute atomic E-state index is 0.254. The van der Waals surface area contributed by atoms with Crippen LogP contribution in [0.4, 0.5) is 5.69 Å². The summed E-state index contributed by atoms with van der Waals surface area (Å²) < 4.78 is 22.6. The fraction of sp³-hybridized carbons (Fsp3) is 0.154. The van der Waals surface area contributed by atoms with E-state index in [-0.39, 0.29) is 10.8 Å². The molecule has 20 heavy (non-hydrogen) atoms. The zero-order valence-corrected chi connectivity index (χ0v) is 11.7. The number of rotatable bonds is 4. The zero-order valence-electron chi connectivity index (χ0n) is 10.9. The van der Waals surface area contributed by atoms with Crippen LogP contribution in [0.3, 0.4) is 0 Å². The molecule has 1 heterocycles. The maximum Gasteiger partial charge on any atom is 0.268 e. The molecule has 0 unspecified atom stereocenters. The highest BCUT2D eigenvalue weighted by Crippen LogP contribution is 2.10. The van der Waals surface area contributed by atoms with Crippen molar-refractivity contribution in [1.29, 1.82) is 0 Å². The van der Waals surface area contributed by atoms with Gasteiger partial charge in [-0.2, -0.15) is 0 Å². The van der Waals surface area contributed by atoms with Crippen molar-refractivity contribution >= 4 is 21.4 Å². The highest BCUT2D eigenvalue weighted by molar-refractivity contribution is 7.90. The van der Waals surface area contributed by atoms with E-state index < -0.39 is 9.84 Å². The first kappa shape index (κ1) is 14.1. The van der Waals surface area contributed by atoms with E-state index in [4.69, 9.17) is 5.73 Å². The normalized spacial score (nSPS) is 11.2. The lowest BCUT2D eigenvalue weighted by atomic mass is 10.2. The molecule has 4 N–H and O–H groups in total. The van der Waals surface area contributed by atoms with Crippen LogP contribution in [0.25, 0.3) is 0 Å². The van der Waals surface area contributed by atoms with Crippen molar-refractivity contribution in [3.63, 3.8) is 0 Å². The van der Waals surface area contributed by atoms with Gasteiger partial charge in [-0.3, -0.25) is 4.79 Å². The van der Waals surface area contributed by atoms with Crippen molar-refractivity contribution in [1.82, 2.24) is 10.3 Å². The number of nitrogens with two attached hydrogens (primary N) is 1. The lowest BCUT2D eigenvalue weighted by molar-refractivity contribution is 0.0946. The Labute approximate surface area is 116 Å². The lowest BCUT2D eigenvalue weighted by Crippen LogP contribution is -2.23. The summed E-state index contributed by atoms with van der Waals surface area (Å²) in [4.78, 5) is 14.8. The molecule has 1 aromatic heterocycles. The highest BCUT2D eigenvalue weighted by atomic mass is 32.2. The van der Waals surface area contributed by atoms with Gasteiger partial charge in [0.15, 0.2) is 9.84 Å². The molecule has 0 atom stereocenters. The first-order chi connectivity index (χ1) is 9.36. The smallest absolute Gasteiger partial charge is 0.268 e. The van der Waals surface area contributed by atoms with Gasteiger partial charge in [-0.1, -0.05) is 12.1 Å². The molecule has 0 radical (unpaired) electrons. The summed E-state index contributed by atoms with van der Waals surface area (Å²) in [5.41, 5.74) is 7.20. The Morgan fingerprint density at radius 1 is 1.30 bits per heavy atom. The first-order valence-corrected chi connectivity index (χ1v) is 7.76. The summed E-state index contributed by atoms with van der Waals surface area (Å²) >= 11 is 0. The number of carbonyl (C=O) groups excluding carboxylic acids is 1. The highest BCUT2D eigenvalue weighted by Gasteiger charge is 2.08. The number of nitrogen functional groups attached to an aromatic ring is 1. The van der Waals surface area contributed by atoms with Crippen LogP contribution in [0.1, 0.15) is 16.1 Å². The molecule has 0 saturated carbocycles. The summed E-state index contributed by atoms with van der Waals surface area (Å²) in [6.45, 7) is 0.307. The molecule has 0 aliphatic carbocycles. The fourth-order valence-electron chi connectivity index (χ4n) is 1.67. The van der Waals surface area contributed by atoms with Crippen molar-refractivity contribution in [2.75, 3.05) is 12.0 Å². The SMILES string of the molecule is CS(=O)(=O)c1ccc(CNC(=O)c2cc(N)c[nH]2)cc1. The number of carbonyl (C=O) groups is 1. The van der Waals surface area contributed by atoms with E-state index in [2.05, 4.69) is 10.3 Å². The zero-order chi connectivity index (χ0) is 14.8. The van der Waals surface area contributed by atoms with E-state index in [9.17, 15) is 13.2 Å². The Hall–Kier alpha value is -2.28. The van der Waals surface area contributed by atoms with Crippen molar-refractivity contribution in [3.05, 3.63) is 47.8 Å². The molecule has 0 fully saturated rings. The minimum atomic E-state index is -3.20. The number of amides is 1. The Morgan fingerprint density at radius 3 is 2.45 bits per heavy atom. The molecule has 2 rings (SSSR count). The number of hydrogen-bond donors (Lipinski definition) is 3. The fourth-order valence-corrected chi connectivity index (χ4v) is 2.30.